The number of benzene rings is 1. The van der Waals surface area contributed by atoms with Gasteiger partial charge in [-0.3, -0.25) is 0 Å². The molecule has 2 unspecified atom stereocenters. The fourth-order valence-corrected chi connectivity index (χ4v) is 3.58. The van der Waals surface area contributed by atoms with Crippen molar-refractivity contribution in [3.63, 3.8) is 0 Å². The number of nitrogens with one attached hydrogen (secondary N) is 1. The second kappa shape index (κ2) is 9.79. The first kappa shape index (κ1) is 22.8. The zero-order valence-electron chi connectivity index (χ0n) is 16.3. The lowest BCUT2D eigenvalue weighted by Gasteiger charge is -2.32. The van der Waals surface area contributed by atoms with Crippen LogP contribution in [0.15, 0.2) is 40.7 Å². The Balaban J connectivity index is 2.89. The van der Waals surface area contributed by atoms with Crippen LogP contribution in [-0.4, -0.2) is 38.9 Å². The summed E-state index contributed by atoms with van der Waals surface area (Å²) in [5.41, 5.74) is 1.12. The second-order valence-corrected chi connectivity index (χ2v) is 6.81. The van der Waals surface area contributed by atoms with E-state index >= 15 is 0 Å². The Labute approximate surface area is 178 Å². The number of allylic oxidation sites excluding steroid dienone is 1. The summed E-state index contributed by atoms with van der Waals surface area (Å²) < 4.78 is 15.4. The molecule has 1 heterocycles. The fourth-order valence-electron chi connectivity index (χ4n) is 3.17. The zero-order chi connectivity index (χ0) is 21.7. The van der Waals surface area contributed by atoms with Crippen molar-refractivity contribution in [2.45, 2.75) is 25.9 Å². The minimum atomic E-state index is -1.11. The lowest BCUT2D eigenvalue weighted by molar-refractivity contribution is -0.139. The number of dihydropyridines is 1. The maximum absolute atomic E-state index is 13.0. The molecule has 2 atom stereocenters. The summed E-state index contributed by atoms with van der Waals surface area (Å²) in [6.07, 6.45) is -1.11. The number of hydrogen-bond acceptors (Lipinski definition) is 7. The van der Waals surface area contributed by atoms with Crippen molar-refractivity contribution >= 4 is 35.1 Å². The van der Waals surface area contributed by atoms with Gasteiger partial charge in [0, 0.05) is 12.8 Å². The number of nitrogens with zero attached hydrogens (tertiary/aromatic N) is 1. The summed E-state index contributed by atoms with van der Waals surface area (Å²) in [6.45, 7) is 3.37. The minimum Gasteiger partial charge on any atom is -0.466 e. The predicted octanol–water partition coefficient (Wildman–Crippen LogP) is 3.48. The van der Waals surface area contributed by atoms with Gasteiger partial charge in [-0.2, -0.15) is 5.26 Å². The van der Waals surface area contributed by atoms with Crippen molar-refractivity contribution in [3.8, 4) is 6.07 Å². The van der Waals surface area contributed by atoms with E-state index in [0.717, 1.165) is 0 Å². The van der Waals surface area contributed by atoms with E-state index < -0.39 is 24.0 Å². The summed E-state index contributed by atoms with van der Waals surface area (Å²) in [5.74, 6) is -2.36. The SMILES string of the molecule is CCOC(=O)C1=C(C(C#N)OC)NC(C)=C(C(=O)OC)C1c1cccc(Cl)c1Cl. The van der Waals surface area contributed by atoms with E-state index in [9.17, 15) is 14.9 Å². The topological polar surface area (TPSA) is 97.7 Å². The van der Waals surface area contributed by atoms with Gasteiger partial charge in [-0.25, -0.2) is 9.59 Å². The van der Waals surface area contributed by atoms with Crippen molar-refractivity contribution in [1.82, 2.24) is 5.32 Å². The Morgan fingerprint density at radius 1 is 1.24 bits per heavy atom. The molecule has 0 fully saturated rings. The largest absolute Gasteiger partial charge is 0.466 e. The van der Waals surface area contributed by atoms with E-state index in [-0.39, 0.29) is 33.5 Å². The zero-order valence-corrected chi connectivity index (χ0v) is 17.9. The van der Waals surface area contributed by atoms with E-state index in [4.69, 9.17) is 37.4 Å². The van der Waals surface area contributed by atoms with Crippen LogP contribution >= 0.6 is 23.2 Å². The highest BCUT2D eigenvalue weighted by molar-refractivity contribution is 6.42. The summed E-state index contributed by atoms with van der Waals surface area (Å²) in [5, 5.41) is 12.9. The highest BCUT2D eigenvalue weighted by Crippen LogP contribution is 2.44. The number of nitriles is 1. The third kappa shape index (κ3) is 4.40. The molecule has 154 valence electrons. The van der Waals surface area contributed by atoms with Crippen LogP contribution in [0.25, 0.3) is 0 Å². The van der Waals surface area contributed by atoms with Gasteiger partial charge in [-0.05, 0) is 25.5 Å². The van der Waals surface area contributed by atoms with Crippen molar-refractivity contribution in [2.75, 3.05) is 20.8 Å². The molecule has 1 aromatic carbocycles. The van der Waals surface area contributed by atoms with E-state index in [1.807, 2.05) is 6.07 Å². The van der Waals surface area contributed by atoms with Crippen LogP contribution in [-0.2, 0) is 23.8 Å². The molecule has 0 spiro atoms. The van der Waals surface area contributed by atoms with Gasteiger partial charge < -0.3 is 19.5 Å². The van der Waals surface area contributed by atoms with E-state index in [1.54, 1.807) is 32.0 Å². The molecule has 7 nitrogen and oxygen atoms in total. The summed E-state index contributed by atoms with van der Waals surface area (Å²) in [7, 11) is 2.57. The minimum absolute atomic E-state index is 0.0235. The monoisotopic (exact) mass is 438 g/mol. The van der Waals surface area contributed by atoms with E-state index in [2.05, 4.69) is 5.32 Å². The first-order valence-electron chi connectivity index (χ1n) is 8.65. The third-order valence-corrected chi connectivity index (χ3v) is 5.24. The molecule has 0 radical (unpaired) electrons. The molecular weight excluding hydrogens is 419 g/mol. The molecule has 0 amide bonds. The number of carbonyl (C=O) groups is 2. The van der Waals surface area contributed by atoms with Crippen molar-refractivity contribution in [3.05, 3.63) is 56.3 Å². The molecule has 2 rings (SSSR count). The van der Waals surface area contributed by atoms with Crippen LogP contribution < -0.4 is 5.32 Å². The van der Waals surface area contributed by atoms with E-state index in [1.165, 1.54) is 14.2 Å². The van der Waals surface area contributed by atoms with Gasteiger partial charge in [0.05, 0.1) is 46.5 Å². The molecule has 1 aliphatic rings. The maximum Gasteiger partial charge on any atom is 0.336 e. The molecule has 9 heteroatoms. The number of methoxy groups -OCH3 is 2. The highest BCUT2D eigenvalue weighted by Gasteiger charge is 2.41. The molecule has 0 bridgehead atoms. The van der Waals surface area contributed by atoms with Gasteiger partial charge in [0.15, 0.2) is 6.10 Å². The molecule has 0 saturated carbocycles. The van der Waals surface area contributed by atoms with E-state index in [0.29, 0.717) is 11.3 Å². The lowest BCUT2D eigenvalue weighted by Crippen LogP contribution is -2.37. The normalized spacial score (nSPS) is 17.3. The molecular formula is C20H20Cl2N2O5. The molecule has 0 saturated heterocycles. The van der Waals surface area contributed by atoms with Crippen LogP contribution in [0.5, 0.6) is 0 Å². The average Bonchev–Trinajstić information content (AvgIpc) is 2.70. The Morgan fingerprint density at radius 2 is 1.93 bits per heavy atom. The van der Waals surface area contributed by atoms with Crippen LogP contribution in [0.2, 0.25) is 10.0 Å². The standard InChI is InChI=1S/C20H20Cl2N2O5/c1-5-29-20(26)16-15(11-7-6-8-12(21)17(11)22)14(19(25)28-4)10(2)24-18(16)13(9-23)27-3/h6-8,13,15,24H,5H2,1-4H3. The number of hydrogen-bond donors (Lipinski definition) is 1. The van der Waals surface area contributed by atoms with Gasteiger partial charge >= 0.3 is 11.9 Å². The first-order valence-corrected chi connectivity index (χ1v) is 9.41. The number of halogens is 2. The first-order chi connectivity index (χ1) is 13.8. The number of carbonyl (C=O) groups excluding carboxylic acids is 2. The lowest BCUT2D eigenvalue weighted by atomic mass is 9.79. The smallest absolute Gasteiger partial charge is 0.336 e. The number of esters is 2. The quantitative estimate of drug-likeness (QED) is 0.678. The Morgan fingerprint density at radius 3 is 2.48 bits per heavy atom. The van der Waals surface area contributed by atoms with Gasteiger partial charge in [0.1, 0.15) is 6.07 Å². The van der Waals surface area contributed by atoms with Crippen LogP contribution in [0.1, 0.15) is 25.3 Å². The second-order valence-electron chi connectivity index (χ2n) is 6.02. The number of rotatable bonds is 6. The van der Waals surface area contributed by atoms with Crippen LogP contribution in [0, 0.1) is 11.3 Å². The summed E-state index contributed by atoms with van der Waals surface area (Å²) in [4.78, 5) is 25.6. The molecule has 0 aliphatic carbocycles. The highest BCUT2D eigenvalue weighted by atomic mass is 35.5. The summed E-state index contributed by atoms with van der Waals surface area (Å²) >= 11 is 12.6. The Kier molecular flexibility index (Phi) is 7.68. The third-order valence-electron chi connectivity index (χ3n) is 4.40. The molecule has 1 N–H and O–H groups in total. The number of ether oxygens (including phenoxy) is 3. The van der Waals surface area contributed by atoms with Crippen molar-refractivity contribution in [2.24, 2.45) is 0 Å². The summed E-state index contributed by atoms with van der Waals surface area (Å²) in [6, 6.07) is 6.86. The molecule has 0 aromatic heterocycles. The molecule has 1 aromatic rings. The molecule has 29 heavy (non-hydrogen) atoms. The average molecular weight is 439 g/mol. The fraction of sp³-hybridized carbons (Fsp3) is 0.350. The Bertz CT molecular complexity index is 933. The van der Waals surface area contributed by atoms with Gasteiger partial charge in [0.2, 0.25) is 0 Å². The maximum atomic E-state index is 13.0. The van der Waals surface area contributed by atoms with Gasteiger partial charge in [-0.1, -0.05) is 35.3 Å². The van der Waals surface area contributed by atoms with Gasteiger partial charge in [-0.15, -0.1) is 0 Å². The Hall–Kier alpha value is -2.53. The van der Waals surface area contributed by atoms with Crippen molar-refractivity contribution < 1.29 is 23.8 Å². The van der Waals surface area contributed by atoms with Crippen LogP contribution in [0.4, 0.5) is 0 Å². The predicted molar refractivity (Wildman–Crippen MR) is 107 cm³/mol. The van der Waals surface area contributed by atoms with Crippen LogP contribution in [0.3, 0.4) is 0 Å². The van der Waals surface area contributed by atoms with Gasteiger partial charge in [0.25, 0.3) is 0 Å². The molecule has 1 aliphatic heterocycles. The van der Waals surface area contributed by atoms with Crippen molar-refractivity contribution in [1.29, 1.82) is 5.26 Å².